The average molecular weight is 512 g/mol. The van der Waals surface area contributed by atoms with Gasteiger partial charge in [0.15, 0.2) is 0 Å². The van der Waals surface area contributed by atoms with Crippen LogP contribution in [-0.4, -0.2) is 32.2 Å². The van der Waals surface area contributed by atoms with E-state index in [0.29, 0.717) is 16.8 Å². The zero-order valence-electron chi connectivity index (χ0n) is 18.7. The molecule has 1 amide bonds. The van der Waals surface area contributed by atoms with Gasteiger partial charge in [-0.2, -0.15) is 0 Å². The third-order valence-electron chi connectivity index (χ3n) is 6.19. The molecule has 3 aromatic carbocycles. The van der Waals surface area contributed by atoms with Crippen molar-refractivity contribution >= 4 is 34.5 Å². The van der Waals surface area contributed by atoms with E-state index in [1.807, 2.05) is 0 Å². The number of hydrogen-bond acceptors (Lipinski definition) is 3. The Hall–Kier alpha value is -3.98. The van der Waals surface area contributed by atoms with Crippen molar-refractivity contribution in [3.8, 4) is 5.69 Å². The van der Waals surface area contributed by atoms with E-state index < -0.39 is 35.1 Å². The molecular weight excluding hydrogens is 492 g/mol. The number of carboxylic acids is 1. The van der Waals surface area contributed by atoms with Crippen molar-refractivity contribution in [2.45, 2.75) is 31.3 Å². The molecule has 1 aromatic heterocycles. The van der Waals surface area contributed by atoms with E-state index in [1.54, 1.807) is 41.0 Å². The second-order valence-corrected chi connectivity index (χ2v) is 9.07. The van der Waals surface area contributed by atoms with Gasteiger partial charge < -0.3 is 10.4 Å². The standard InChI is InChI=1S/C26H20ClF2N3O4/c27-17-3-1-4-18(28)22(17)24(33)30-20(25(34)35)13-14-7-9-16(10-8-14)32-23-19(29)5-2-6-21(23)31(26(32)36)15-11-12-15/h1-10,15,20H,11-13H2,(H,30,33)(H,34,35). The molecule has 0 spiro atoms. The number of carboxylic acid groups (broad SMARTS) is 1. The SMILES string of the molecule is O=C(NC(Cc1ccc(-n2c(=O)n(C3CC3)c3cccc(F)c32)cc1)C(=O)O)c1c(F)cccc1Cl. The first-order valence-electron chi connectivity index (χ1n) is 11.2. The Morgan fingerprint density at radius 1 is 1.03 bits per heavy atom. The maximum absolute atomic E-state index is 14.8. The molecule has 0 radical (unpaired) electrons. The number of nitrogens with one attached hydrogen (secondary N) is 1. The molecule has 7 nitrogen and oxygen atoms in total. The van der Waals surface area contributed by atoms with Gasteiger partial charge in [-0.25, -0.2) is 18.4 Å². The van der Waals surface area contributed by atoms with Crippen LogP contribution in [0.1, 0.15) is 34.8 Å². The van der Waals surface area contributed by atoms with Gasteiger partial charge in [0.25, 0.3) is 5.91 Å². The van der Waals surface area contributed by atoms with Gasteiger partial charge >= 0.3 is 11.7 Å². The quantitative estimate of drug-likeness (QED) is 0.382. The molecule has 2 N–H and O–H groups in total. The largest absolute Gasteiger partial charge is 0.480 e. The summed E-state index contributed by atoms with van der Waals surface area (Å²) in [6.07, 6.45) is 1.60. The second-order valence-electron chi connectivity index (χ2n) is 8.66. The van der Waals surface area contributed by atoms with Crippen molar-refractivity contribution in [2.24, 2.45) is 0 Å². The van der Waals surface area contributed by atoms with Crippen LogP contribution in [0.5, 0.6) is 0 Å². The molecule has 1 saturated carbocycles. The molecule has 5 rings (SSSR count). The van der Waals surface area contributed by atoms with E-state index in [9.17, 15) is 28.3 Å². The minimum absolute atomic E-state index is 0.0465. The van der Waals surface area contributed by atoms with Gasteiger partial charge in [0, 0.05) is 12.5 Å². The third-order valence-corrected chi connectivity index (χ3v) is 6.50. The summed E-state index contributed by atoms with van der Waals surface area (Å²) in [4.78, 5) is 37.5. The molecule has 4 aromatic rings. The van der Waals surface area contributed by atoms with Crippen molar-refractivity contribution in [1.82, 2.24) is 14.5 Å². The number of amides is 1. The normalized spacial score (nSPS) is 14.1. The lowest BCUT2D eigenvalue weighted by Gasteiger charge is -2.16. The van der Waals surface area contributed by atoms with Crippen LogP contribution in [0.3, 0.4) is 0 Å². The van der Waals surface area contributed by atoms with Crippen LogP contribution in [-0.2, 0) is 11.2 Å². The lowest BCUT2D eigenvalue weighted by Crippen LogP contribution is -2.42. The first kappa shape index (κ1) is 23.7. The lowest BCUT2D eigenvalue weighted by molar-refractivity contribution is -0.139. The Balaban J connectivity index is 1.42. The Kier molecular flexibility index (Phi) is 6.09. The van der Waals surface area contributed by atoms with Crippen molar-refractivity contribution in [3.05, 3.63) is 98.9 Å². The van der Waals surface area contributed by atoms with Crippen LogP contribution in [0.25, 0.3) is 16.7 Å². The number of imidazole rings is 1. The van der Waals surface area contributed by atoms with Crippen molar-refractivity contribution in [2.75, 3.05) is 0 Å². The van der Waals surface area contributed by atoms with Gasteiger partial charge in [-0.15, -0.1) is 0 Å². The highest BCUT2D eigenvalue weighted by Gasteiger charge is 2.30. The number of rotatable bonds is 7. The number of carbonyl (C=O) groups excluding carboxylic acids is 1. The summed E-state index contributed by atoms with van der Waals surface area (Å²) in [5.41, 5.74) is 0.876. The van der Waals surface area contributed by atoms with Crippen LogP contribution >= 0.6 is 11.6 Å². The third kappa shape index (κ3) is 4.26. The number of aromatic nitrogens is 2. The van der Waals surface area contributed by atoms with E-state index in [4.69, 9.17) is 11.6 Å². The Labute approximate surface area is 208 Å². The van der Waals surface area contributed by atoms with E-state index in [-0.39, 0.29) is 28.7 Å². The molecule has 10 heteroatoms. The number of halogens is 3. The van der Waals surface area contributed by atoms with Gasteiger partial charge in [-0.1, -0.05) is 35.9 Å². The monoisotopic (exact) mass is 511 g/mol. The number of hydrogen-bond donors (Lipinski definition) is 2. The van der Waals surface area contributed by atoms with E-state index in [1.165, 1.54) is 22.8 Å². The van der Waals surface area contributed by atoms with Crippen LogP contribution in [0.4, 0.5) is 8.78 Å². The van der Waals surface area contributed by atoms with Gasteiger partial charge in [-0.3, -0.25) is 13.9 Å². The minimum atomic E-state index is -1.36. The van der Waals surface area contributed by atoms with Crippen LogP contribution in [0.2, 0.25) is 5.02 Å². The first-order valence-corrected chi connectivity index (χ1v) is 11.6. The molecular formula is C26H20ClF2N3O4. The van der Waals surface area contributed by atoms with Gasteiger partial charge in [0.2, 0.25) is 0 Å². The summed E-state index contributed by atoms with van der Waals surface area (Å²) in [6, 6.07) is 13.4. The average Bonchev–Trinajstić information content (AvgIpc) is 3.62. The molecule has 0 saturated heterocycles. The molecule has 1 aliphatic rings. The molecule has 0 aliphatic heterocycles. The summed E-state index contributed by atoms with van der Waals surface area (Å²) in [7, 11) is 0. The molecule has 0 bridgehead atoms. The highest BCUT2D eigenvalue weighted by atomic mass is 35.5. The Morgan fingerprint density at radius 3 is 2.33 bits per heavy atom. The maximum Gasteiger partial charge on any atom is 0.334 e. The number of para-hydroxylation sites is 1. The van der Waals surface area contributed by atoms with Gasteiger partial charge in [0.05, 0.1) is 21.8 Å². The van der Waals surface area contributed by atoms with E-state index >= 15 is 0 Å². The molecule has 1 unspecified atom stereocenters. The molecule has 1 heterocycles. The number of nitrogens with zero attached hydrogens (tertiary/aromatic N) is 2. The first-order chi connectivity index (χ1) is 17.3. The summed E-state index contributed by atoms with van der Waals surface area (Å²) in [6.45, 7) is 0. The minimum Gasteiger partial charge on any atom is -0.480 e. The van der Waals surface area contributed by atoms with Crippen molar-refractivity contribution < 1.29 is 23.5 Å². The summed E-state index contributed by atoms with van der Waals surface area (Å²) in [5.74, 6) is -3.65. The molecule has 36 heavy (non-hydrogen) atoms. The fraction of sp³-hybridized carbons (Fsp3) is 0.192. The van der Waals surface area contributed by atoms with Gasteiger partial charge in [0.1, 0.15) is 23.2 Å². The smallest absolute Gasteiger partial charge is 0.334 e. The zero-order chi connectivity index (χ0) is 25.6. The van der Waals surface area contributed by atoms with Crippen molar-refractivity contribution in [3.63, 3.8) is 0 Å². The zero-order valence-corrected chi connectivity index (χ0v) is 19.5. The lowest BCUT2D eigenvalue weighted by atomic mass is 10.0. The van der Waals surface area contributed by atoms with E-state index in [0.717, 1.165) is 18.9 Å². The molecule has 1 aliphatic carbocycles. The summed E-state index contributed by atoms with van der Waals surface area (Å²) < 4.78 is 31.7. The number of benzene rings is 3. The fourth-order valence-corrected chi connectivity index (χ4v) is 4.56. The molecule has 1 fully saturated rings. The number of aliphatic carboxylic acids is 1. The summed E-state index contributed by atoms with van der Waals surface area (Å²) >= 11 is 5.91. The van der Waals surface area contributed by atoms with Crippen molar-refractivity contribution in [1.29, 1.82) is 0 Å². The molecule has 1 atom stereocenters. The predicted molar refractivity (Wildman–Crippen MR) is 130 cm³/mol. The van der Waals surface area contributed by atoms with E-state index in [2.05, 4.69) is 5.32 Å². The highest BCUT2D eigenvalue weighted by molar-refractivity contribution is 6.33. The topological polar surface area (TPSA) is 93.3 Å². The van der Waals surface area contributed by atoms with Gasteiger partial charge in [-0.05, 0) is 54.8 Å². The molecule has 184 valence electrons. The maximum atomic E-state index is 14.8. The Morgan fingerprint density at radius 2 is 1.69 bits per heavy atom. The fourth-order valence-electron chi connectivity index (χ4n) is 4.31. The second kappa shape index (κ2) is 9.23. The summed E-state index contributed by atoms with van der Waals surface area (Å²) in [5, 5.41) is 11.8. The van der Waals surface area contributed by atoms with Crippen LogP contribution in [0.15, 0.2) is 65.5 Å². The Bertz CT molecular complexity index is 1540. The van der Waals surface area contributed by atoms with Crippen LogP contribution < -0.4 is 11.0 Å². The predicted octanol–water partition coefficient (Wildman–Crippen LogP) is 4.48. The van der Waals surface area contributed by atoms with Crippen LogP contribution in [0, 0.1) is 11.6 Å². The number of fused-ring (bicyclic) bond motifs is 1. The number of carbonyl (C=O) groups is 2. The highest BCUT2D eigenvalue weighted by Crippen LogP contribution is 2.37.